The van der Waals surface area contributed by atoms with Crippen molar-refractivity contribution in [3.8, 4) is 0 Å². The highest BCUT2D eigenvalue weighted by Gasteiger charge is 2.35. The fourth-order valence-electron chi connectivity index (χ4n) is 4.88. The maximum atomic E-state index is 14.4. The molecule has 4 aromatic rings. The standard InChI is InChI=1S/C34H35Cl2N3O4S/c1-4-37-34(41)32(21-26-8-6-5-7-9-26)38(22-27-12-14-28(35)15-13-27)33(40)23-39(31-19-16-29(36)20-25(31)3)44(42,43)30-17-10-24(2)11-18-30/h5-20,32H,4,21-23H2,1-3H3,(H,37,41)/t32-/m0/s1. The van der Waals surface area contributed by atoms with E-state index in [0.29, 0.717) is 27.8 Å². The minimum atomic E-state index is -4.20. The molecule has 0 radical (unpaired) electrons. The molecule has 0 aliphatic heterocycles. The average molecular weight is 653 g/mol. The van der Waals surface area contributed by atoms with Gasteiger partial charge in [-0.1, -0.05) is 83.4 Å². The minimum absolute atomic E-state index is 0.0408. The highest BCUT2D eigenvalue weighted by molar-refractivity contribution is 7.92. The van der Waals surface area contributed by atoms with E-state index in [9.17, 15) is 18.0 Å². The van der Waals surface area contributed by atoms with Crippen LogP contribution < -0.4 is 9.62 Å². The van der Waals surface area contributed by atoms with Crippen LogP contribution in [0.5, 0.6) is 0 Å². The molecule has 0 saturated heterocycles. The Kier molecular flexibility index (Phi) is 11.1. The van der Waals surface area contributed by atoms with Gasteiger partial charge >= 0.3 is 0 Å². The van der Waals surface area contributed by atoms with Crippen molar-refractivity contribution in [2.24, 2.45) is 0 Å². The smallest absolute Gasteiger partial charge is 0.264 e. The zero-order valence-electron chi connectivity index (χ0n) is 24.8. The van der Waals surface area contributed by atoms with Crippen LogP contribution in [0.15, 0.2) is 102 Å². The summed E-state index contributed by atoms with van der Waals surface area (Å²) in [5.74, 6) is -0.883. The molecule has 10 heteroatoms. The Labute approximate surface area is 269 Å². The van der Waals surface area contributed by atoms with Gasteiger partial charge in [0.05, 0.1) is 10.6 Å². The first-order valence-electron chi connectivity index (χ1n) is 14.2. The molecule has 1 atom stereocenters. The number of benzene rings is 4. The van der Waals surface area contributed by atoms with Crippen molar-refractivity contribution in [3.63, 3.8) is 0 Å². The second-order valence-electron chi connectivity index (χ2n) is 10.5. The molecule has 0 saturated carbocycles. The Morgan fingerprint density at radius 3 is 2.07 bits per heavy atom. The number of carbonyl (C=O) groups is 2. The van der Waals surface area contributed by atoms with Gasteiger partial charge in [0, 0.05) is 29.6 Å². The van der Waals surface area contributed by atoms with Crippen molar-refractivity contribution >= 4 is 50.7 Å². The first kappa shape index (κ1) is 33.1. The number of halogens is 2. The summed E-state index contributed by atoms with van der Waals surface area (Å²) in [6.07, 6.45) is 0.233. The third-order valence-corrected chi connectivity index (χ3v) is 9.46. The molecule has 4 aromatic carbocycles. The molecule has 0 spiro atoms. The second kappa shape index (κ2) is 14.8. The third-order valence-electron chi connectivity index (χ3n) is 7.20. The van der Waals surface area contributed by atoms with Crippen LogP contribution in [-0.4, -0.2) is 44.3 Å². The number of nitrogens with one attached hydrogen (secondary N) is 1. The Balaban J connectivity index is 1.81. The first-order chi connectivity index (χ1) is 21.0. The fourth-order valence-corrected chi connectivity index (χ4v) is 6.71. The van der Waals surface area contributed by atoms with Gasteiger partial charge in [-0.25, -0.2) is 8.42 Å². The van der Waals surface area contributed by atoms with E-state index >= 15 is 0 Å². The number of anilines is 1. The lowest BCUT2D eigenvalue weighted by molar-refractivity contribution is -0.140. The van der Waals surface area contributed by atoms with E-state index in [0.717, 1.165) is 21.0 Å². The number of carbonyl (C=O) groups excluding carboxylic acids is 2. The van der Waals surface area contributed by atoms with E-state index in [2.05, 4.69) is 5.32 Å². The summed E-state index contributed by atoms with van der Waals surface area (Å²) in [5.41, 5.74) is 3.38. The van der Waals surface area contributed by atoms with Gasteiger partial charge in [0.1, 0.15) is 12.6 Å². The number of sulfonamides is 1. The molecule has 0 heterocycles. The lowest BCUT2D eigenvalue weighted by Crippen LogP contribution is -2.53. The first-order valence-corrected chi connectivity index (χ1v) is 16.4. The van der Waals surface area contributed by atoms with E-state index in [1.165, 1.54) is 17.0 Å². The quantitative estimate of drug-likeness (QED) is 0.187. The average Bonchev–Trinajstić information content (AvgIpc) is 2.99. The number of aryl methyl sites for hydroxylation is 2. The number of likely N-dealkylation sites (N-methyl/N-ethyl adjacent to an activating group) is 1. The molecule has 0 unspecified atom stereocenters. The van der Waals surface area contributed by atoms with Gasteiger partial charge in [-0.3, -0.25) is 13.9 Å². The predicted octanol–water partition coefficient (Wildman–Crippen LogP) is 6.58. The summed E-state index contributed by atoms with van der Waals surface area (Å²) in [6.45, 7) is 5.29. The molecule has 44 heavy (non-hydrogen) atoms. The van der Waals surface area contributed by atoms with Crippen molar-refractivity contribution in [3.05, 3.63) is 129 Å². The highest BCUT2D eigenvalue weighted by Crippen LogP contribution is 2.30. The Bertz CT molecular complexity index is 1700. The Morgan fingerprint density at radius 2 is 1.45 bits per heavy atom. The van der Waals surface area contributed by atoms with E-state index < -0.39 is 28.5 Å². The summed E-state index contributed by atoms with van der Waals surface area (Å²) in [5, 5.41) is 3.83. The van der Waals surface area contributed by atoms with Crippen LogP contribution in [0.4, 0.5) is 5.69 Å². The summed E-state index contributed by atoms with van der Waals surface area (Å²) in [4.78, 5) is 29.5. The number of hydrogen-bond acceptors (Lipinski definition) is 4. The fraction of sp³-hybridized carbons (Fsp3) is 0.235. The van der Waals surface area contributed by atoms with Gasteiger partial charge in [-0.05, 0) is 79.9 Å². The lowest BCUT2D eigenvalue weighted by atomic mass is 10.0. The number of amides is 2. The van der Waals surface area contributed by atoms with Crippen molar-refractivity contribution in [1.29, 1.82) is 0 Å². The number of nitrogens with zero attached hydrogens (tertiary/aromatic N) is 2. The van der Waals surface area contributed by atoms with Gasteiger partial charge in [-0.15, -0.1) is 0 Å². The van der Waals surface area contributed by atoms with Crippen molar-refractivity contribution in [2.75, 3.05) is 17.4 Å². The van der Waals surface area contributed by atoms with Crippen LogP contribution >= 0.6 is 23.2 Å². The van der Waals surface area contributed by atoms with E-state index in [-0.39, 0.29) is 23.8 Å². The van der Waals surface area contributed by atoms with Gasteiger partial charge < -0.3 is 10.2 Å². The summed E-state index contributed by atoms with van der Waals surface area (Å²) in [6, 6.07) is 26.7. The molecule has 0 fully saturated rings. The maximum Gasteiger partial charge on any atom is 0.264 e. The van der Waals surface area contributed by atoms with Crippen LogP contribution in [0.2, 0.25) is 10.0 Å². The minimum Gasteiger partial charge on any atom is -0.355 e. The zero-order valence-corrected chi connectivity index (χ0v) is 27.2. The largest absolute Gasteiger partial charge is 0.355 e. The molecule has 230 valence electrons. The topological polar surface area (TPSA) is 86.8 Å². The maximum absolute atomic E-state index is 14.4. The van der Waals surface area contributed by atoms with Gasteiger partial charge in [0.25, 0.3) is 10.0 Å². The molecular formula is C34H35Cl2N3O4S. The Hall–Kier alpha value is -3.85. The molecule has 1 N–H and O–H groups in total. The van der Waals surface area contributed by atoms with Crippen LogP contribution in [0, 0.1) is 13.8 Å². The van der Waals surface area contributed by atoms with Crippen LogP contribution in [0.3, 0.4) is 0 Å². The van der Waals surface area contributed by atoms with Crippen molar-refractivity contribution in [1.82, 2.24) is 10.2 Å². The third kappa shape index (κ3) is 8.20. The molecule has 0 aliphatic rings. The van der Waals surface area contributed by atoms with Crippen LogP contribution in [-0.2, 0) is 32.6 Å². The predicted molar refractivity (Wildman–Crippen MR) is 177 cm³/mol. The van der Waals surface area contributed by atoms with Crippen LogP contribution in [0.25, 0.3) is 0 Å². The van der Waals surface area contributed by atoms with Gasteiger partial charge in [0.2, 0.25) is 11.8 Å². The van der Waals surface area contributed by atoms with E-state index in [1.54, 1.807) is 61.5 Å². The summed E-state index contributed by atoms with van der Waals surface area (Å²) >= 11 is 12.3. The van der Waals surface area contributed by atoms with E-state index in [4.69, 9.17) is 23.2 Å². The molecule has 0 aromatic heterocycles. The highest BCUT2D eigenvalue weighted by atomic mass is 35.5. The summed E-state index contributed by atoms with van der Waals surface area (Å²) in [7, 11) is -4.20. The molecule has 0 aliphatic carbocycles. The Morgan fingerprint density at radius 1 is 0.818 bits per heavy atom. The van der Waals surface area contributed by atoms with Crippen molar-refractivity contribution < 1.29 is 18.0 Å². The van der Waals surface area contributed by atoms with Gasteiger partial charge in [0.15, 0.2) is 0 Å². The van der Waals surface area contributed by atoms with Crippen molar-refractivity contribution in [2.45, 2.75) is 44.7 Å². The lowest BCUT2D eigenvalue weighted by Gasteiger charge is -2.34. The molecule has 7 nitrogen and oxygen atoms in total. The molecule has 4 rings (SSSR count). The molecule has 2 amide bonds. The zero-order chi connectivity index (χ0) is 31.9. The monoisotopic (exact) mass is 651 g/mol. The SMILES string of the molecule is CCNC(=O)[C@H](Cc1ccccc1)N(Cc1ccc(Cl)cc1)C(=O)CN(c1ccc(Cl)cc1C)S(=O)(=O)c1ccc(C)cc1. The molecule has 0 bridgehead atoms. The number of hydrogen-bond donors (Lipinski definition) is 1. The summed E-state index contributed by atoms with van der Waals surface area (Å²) < 4.78 is 29.4. The molecular weight excluding hydrogens is 617 g/mol. The van der Waals surface area contributed by atoms with E-state index in [1.807, 2.05) is 44.2 Å². The van der Waals surface area contributed by atoms with Gasteiger partial charge in [-0.2, -0.15) is 0 Å². The second-order valence-corrected chi connectivity index (χ2v) is 13.2. The van der Waals surface area contributed by atoms with Crippen LogP contribution in [0.1, 0.15) is 29.2 Å². The number of rotatable bonds is 12. The normalized spacial score (nSPS) is 11.9.